The van der Waals surface area contributed by atoms with Crippen LogP contribution in [0.2, 0.25) is 0 Å². The van der Waals surface area contributed by atoms with Crippen LogP contribution in [0.3, 0.4) is 0 Å². The second-order valence-corrected chi connectivity index (χ2v) is 9.15. The lowest BCUT2D eigenvalue weighted by Crippen LogP contribution is -2.38. The molecule has 0 amide bonds. The molecular weight excluding hydrogens is 388 g/mol. The van der Waals surface area contributed by atoms with Crippen molar-refractivity contribution in [3.63, 3.8) is 0 Å². The molecule has 1 atom stereocenters. The average molecular weight is 415 g/mol. The van der Waals surface area contributed by atoms with Gasteiger partial charge in [-0.3, -0.25) is 0 Å². The van der Waals surface area contributed by atoms with Gasteiger partial charge in [-0.2, -0.15) is 0 Å². The summed E-state index contributed by atoms with van der Waals surface area (Å²) in [7, 11) is -3.69. The smallest absolute Gasteiger partial charge is 0.335 e. The fourth-order valence-corrected chi connectivity index (χ4v) is 5.60. The number of hydrogen-bond donors (Lipinski definition) is 2. The van der Waals surface area contributed by atoms with Crippen molar-refractivity contribution in [1.29, 1.82) is 0 Å². The van der Waals surface area contributed by atoms with E-state index in [4.69, 9.17) is 0 Å². The van der Waals surface area contributed by atoms with Crippen LogP contribution in [0.1, 0.15) is 40.4 Å². The van der Waals surface area contributed by atoms with Crippen molar-refractivity contribution in [3.05, 3.63) is 64.8 Å². The van der Waals surface area contributed by atoms with Crippen LogP contribution >= 0.6 is 0 Å². The minimum atomic E-state index is -3.69. The monoisotopic (exact) mass is 414 g/mol. The van der Waals surface area contributed by atoms with Crippen LogP contribution in [0.4, 0.5) is 0 Å². The Morgan fingerprint density at radius 3 is 2.34 bits per heavy atom. The van der Waals surface area contributed by atoms with E-state index in [9.17, 15) is 18.3 Å². The summed E-state index contributed by atoms with van der Waals surface area (Å²) in [6.07, 6.45) is 2.46. The Bertz CT molecular complexity index is 1160. The summed E-state index contributed by atoms with van der Waals surface area (Å²) < 4.78 is 30.9. The Morgan fingerprint density at radius 2 is 1.76 bits per heavy atom. The lowest BCUT2D eigenvalue weighted by Gasteiger charge is -2.20. The first-order valence-electron chi connectivity index (χ1n) is 9.54. The number of carboxylic acid groups (broad SMARTS) is 1. The van der Waals surface area contributed by atoms with E-state index in [1.807, 2.05) is 56.7 Å². The molecule has 0 spiro atoms. The van der Waals surface area contributed by atoms with Crippen LogP contribution in [0.15, 0.2) is 47.5 Å². The maximum atomic E-state index is 13.1. The van der Waals surface area contributed by atoms with Gasteiger partial charge in [-0.1, -0.05) is 30.7 Å². The number of carbonyl (C=O) groups is 1. The zero-order valence-corrected chi connectivity index (χ0v) is 17.9. The highest BCUT2D eigenvalue weighted by molar-refractivity contribution is 7.89. The van der Waals surface area contributed by atoms with Crippen molar-refractivity contribution in [3.8, 4) is 0 Å². The summed E-state index contributed by atoms with van der Waals surface area (Å²) in [6.45, 7) is 7.90. The van der Waals surface area contributed by atoms with Crippen LogP contribution in [-0.2, 0) is 16.6 Å². The summed E-state index contributed by atoms with van der Waals surface area (Å²) in [6, 6.07) is 10.3. The van der Waals surface area contributed by atoms with Crippen molar-refractivity contribution < 1.29 is 18.3 Å². The normalized spacial score (nSPS) is 13.0. The highest BCUT2D eigenvalue weighted by Crippen LogP contribution is 2.23. The lowest BCUT2D eigenvalue weighted by atomic mass is 10.1. The molecule has 0 bridgehead atoms. The van der Waals surface area contributed by atoms with E-state index in [1.165, 1.54) is 0 Å². The molecule has 3 rings (SSSR count). The molecule has 0 aliphatic carbocycles. The maximum absolute atomic E-state index is 13.1. The van der Waals surface area contributed by atoms with E-state index in [0.717, 1.165) is 27.6 Å². The predicted molar refractivity (Wildman–Crippen MR) is 114 cm³/mol. The third-order valence-corrected chi connectivity index (χ3v) is 6.95. The first-order chi connectivity index (χ1) is 13.6. The lowest BCUT2D eigenvalue weighted by molar-refractivity contribution is 0.0697. The first-order valence-corrected chi connectivity index (χ1v) is 11.0. The maximum Gasteiger partial charge on any atom is 0.335 e. The van der Waals surface area contributed by atoms with Crippen molar-refractivity contribution in [2.24, 2.45) is 0 Å². The first kappa shape index (κ1) is 21.1. The highest BCUT2D eigenvalue weighted by Gasteiger charge is 2.23. The van der Waals surface area contributed by atoms with Crippen LogP contribution in [0, 0.1) is 20.8 Å². The number of nitrogens with zero attached hydrogens (tertiary/aromatic N) is 1. The molecule has 7 heteroatoms. The Morgan fingerprint density at radius 1 is 1.10 bits per heavy atom. The molecule has 0 saturated carbocycles. The topological polar surface area (TPSA) is 88.4 Å². The molecule has 1 unspecified atom stereocenters. The number of sulfonamides is 1. The Hall–Kier alpha value is -2.64. The number of fused-ring (bicyclic) bond motifs is 1. The van der Waals surface area contributed by atoms with Crippen LogP contribution in [0.5, 0.6) is 0 Å². The molecule has 1 aromatic heterocycles. The van der Waals surface area contributed by atoms with E-state index >= 15 is 0 Å². The van der Waals surface area contributed by atoms with E-state index in [2.05, 4.69) is 4.72 Å². The van der Waals surface area contributed by atoms with Crippen molar-refractivity contribution in [1.82, 2.24) is 9.29 Å². The molecule has 2 aromatic carbocycles. The standard InChI is InChI=1S/C22H26N2O4S/c1-5-19(23-29(27,28)21-15(3)10-14(2)11-16(21)4)13-24-9-8-17-6-7-18(22(25)26)12-20(17)24/h6-12,19,23H,5,13H2,1-4H3,(H,25,26). The van der Waals surface area contributed by atoms with Gasteiger partial charge in [-0.05, 0) is 61.9 Å². The molecular formula is C22H26N2O4S. The van der Waals surface area contributed by atoms with Crippen molar-refractivity contribution >= 4 is 26.9 Å². The average Bonchev–Trinajstić information content (AvgIpc) is 3.01. The number of hydrogen-bond acceptors (Lipinski definition) is 3. The Labute approximate surface area is 171 Å². The zero-order valence-electron chi connectivity index (χ0n) is 17.1. The molecule has 0 fully saturated rings. The quantitative estimate of drug-likeness (QED) is 0.611. The Balaban J connectivity index is 1.91. The summed E-state index contributed by atoms with van der Waals surface area (Å²) in [5.74, 6) is -0.988. The minimum absolute atomic E-state index is 0.206. The number of aromatic nitrogens is 1. The van der Waals surface area contributed by atoms with Gasteiger partial charge in [0.2, 0.25) is 10.0 Å². The molecule has 3 aromatic rings. The van der Waals surface area contributed by atoms with Gasteiger partial charge in [-0.15, -0.1) is 0 Å². The number of aryl methyl sites for hydroxylation is 3. The molecule has 29 heavy (non-hydrogen) atoms. The third-order valence-electron chi connectivity index (χ3n) is 5.13. The zero-order chi connectivity index (χ0) is 21.3. The Kier molecular flexibility index (Phi) is 5.82. The van der Waals surface area contributed by atoms with Gasteiger partial charge in [0.1, 0.15) is 0 Å². The van der Waals surface area contributed by atoms with Crippen molar-refractivity contribution in [2.45, 2.75) is 51.6 Å². The third kappa shape index (κ3) is 4.36. The summed E-state index contributed by atoms with van der Waals surface area (Å²) in [5.41, 5.74) is 3.45. The number of aromatic carboxylic acids is 1. The molecule has 0 aliphatic rings. The van der Waals surface area contributed by atoms with E-state index < -0.39 is 16.0 Å². The summed E-state index contributed by atoms with van der Waals surface area (Å²) in [5, 5.41) is 10.2. The van der Waals surface area contributed by atoms with E-state index in [0.29, 0.717) is 17.9 Å². The van der Waals surface area contributed by atoms with Gasteiger partial charge < -0.3 is 9.67 Å². The highest BCUT2D eigenvalue weighted by atomic mass is 32.2. The van der Waals surface area contributed by atoms with Gasteiger partial charge in [0.25, 0.3) is 0 Å². The number of rotatable bonds is 7. The van der Waals surface area contributed by atoms with Crippen molar-refractivity contribution in [2.75, 3.05) is 0 Å². The fraction of sp³-hybridized carbons (Fsp3) is 0.318. The summed E-state index contributed by atoms with van der Waals surface area (Å²) in [4.78, 5) is 11.6. The van der Waals surface area contributed by atoms with Crippen LogP contribution < -0.4 is 4.72 Å². The van der Waals surface area contributed by atoms with Gasteiger partial charge >= 0.3 is 5.97 Å². The molecule has 6 nitrogen and oxygen atoms in total. The summed E-state index contributed by atoms with van der Waals surface area (Å²) >= 11 is 0. The number of carboxylic acids is 1. The predicted octanol–water partition coefficient (Wildman–Crippen LogP) is 4.02. The SMILES string of the molecule is CCC(Cn1ccc2ccc(C(=O)O)cc21)NS(=O)(=O)c1c(C)cc(C)cc1C. The van der Waals surface area contributed by atoms with Gasteiger partial charge in [0, 0.05) is 24.3 Å². The van der Waals surface area contributed by atoms with Crippen LogP contribution in [-0.4, -0.2) is 30.1 Å². The number of benzene rings is 2. The van der Waals surface area contributed by atoms with E-state index in [-0.39, 0.29) is 11.6 Å². The second-order valence-electron chi connectivity index (χ2n) is 7.50. The van der Waals surface area contributed by atoms with Crippen LogP contribution in [0.25, 0.3) is 10.9 Å². The van der Waals surface area contributed by atoms with Gasteiger partial charge in [0.05, 0.1) is 10.5 Å². The number of nitrogens with one attached hydrogen (secondary N) is 1. The molecule has 2 N–H and O–H groups in total. The molecule has 154 valence electrons. The minimum Gasteiger partial charge on any atom is -0.478 e. The van der Waals surface area contributed by atoms with Gasteiger partial charge in [-0.25, -0.2) is 17.9 Å². The molecule has 1 heterocycles. The second kappa shape index (κ2) is 8.00. The molecule has 0 radical (unpaired) electrons. The largest absolute Gasteiger partial charge is 0.478 e. The fourth-order valence-electron chi connectivity index (χ4n) is 3.83. The molecule has 0 saturated heterocycles. The van der Waals surface area contributed by atoms with E-state index in [1.54, 1.807) is 18.2 Å². The van der Waals surface area contributed by atoms with Gasteiger partial charge in [0.15, 0.2) is 0 Å². The molecule has 0 aliphatic heterocycles.